The number of fused-ring (bicyclic) bond motifs is 1. The third-order valence-electron chi connectivity index (χ3n) is 4.04. The number of ether oxygens (including phenoxy) is 2. The first kappa shape index (κ1) is 18.1. The molecular formula is C19H21F2N3O2. The lowest BCUT2D eigenvalue weighted by atomic mass is 10.1. The molecule has 0 spiro atoms. The van der Waals surface area contributed by atoms with Crippen molar-refractivity contribution in [1.29, 1.82) is 0 Å². The van der Waals surface area contributed by atoms with E-state index < -0.39 is 0 Å². The van der Waals surface area contributed by atoms with Crippen molar-refractivity contribution in [2.45, 2.75) is 19.6 Å². The highest BCUT2D eigenvalue weighted by molar-refractivity contribution is 5.79. The number of nitrogens with one attached hydrogen (secondary N) is 2. The van der Waals surface area contributed by atoms with Gasteiger partial charge in [0.2, 0.25) is 0 Å². The number of benzene rings is 2. The van der Waals surface area contributed by atoms with E-state index in [4.69, 9.17) is 9.47 Å². The maximum absolute atomic E-state index is 13.7. The first-order chi connectivity index (χ1) is 12.7. The topological polar surface area (TPSA) is 54.9 Å². The van der Waals surface area contributed by atoms with Crippen LogP contribution in [-0.2, 0) is 24.3 Å². The zero-order chi connectivity index (χ0) is 18.4. The standard InChI is InChI=1S/C19H21F2N3O2/c1-22-19(24-10-13-2-4-16(20)5-3-13)23-7-6-14-8-17(21)9-15-11-25-12-26-18(14)15/h2-5,8-9H,6-7,10-12H2,1H3,(H2,22,23,24). The Kier molecular flexibility index (Phi) is 6.01. The van der Waals surface area contributed by atoms with Crippen LogP contribution >= 0.6 is 0 Å². The van der Waals surface area contributed by atoms with Gasteiger partial charge in [-0.2, -0.15) is 0 Å². The summed E-state index contributed by atoms with van der Waals surface area (Å²) >= 11 is 0. The van der Waals surface area contributed by atoms with Crippen LogP contribution in [0.25, 0.3) is 0 Å². The molecule has 1 aliphatic rings. The average Bonchev–Trinajstić information content (AvgIpc) is 2.65. The van der Waals surface area contributed by atoms with Crippen LogP contribution in [-0.4, -0.2) is 26.3 Å². The molecular weight excluding hydrogens is 340 g/mol. The Morgan fingerprint density at radius 1 is 1.12 bits per heavy atom. The fourth-order valence-electron chi connectivity index (χ4n) is 2.77. The van der Waals surface area contributed by atoms with Crippen molar-refractivity contribution in [2.24, 2.45) is 4.99 Å². The minimum atomic E-state index is -0.299. The van der Waals surface area contributed by atoms with Crippen molar-refractivity contribution in [3.8, 4) is 5.75 Å². The number of hydrogen-bond acceptors (Lipinski definition) is 3. The molecule has 2 aromatic rings. The first-order valence-corrected chi connectivity index (χ1v) is 8.36. The number of aliphatic imine (C=N–C) groups is 1. The SMILES string of the molecule is CN=C(NCCc1cc(F)cc2c1OCOC2)NCc1ccc(F)cc1. The Morgan fingerprint density at radius 3 is 2.69 bits per heavy atom. The molecule has 1 aliphatic heterocycles. The third kappa shape index (κ3) is 4.70. The van der Waals surface area contributed by atoms with Crippen molar-refractivity contribution in [3.05, 3.63) is 64.7 Å². The van der Waals surface area contributed by atoms with Crippen LogP contribution < -0.4 is 15.4 Å². The van der Waals surface area contributed by atoms with Crippen molar-refractivity contribution >= 4 is 5.96 Å². The predicted octanol–water partition coefficient (Wildman–Crippen LogP) is 2.74. The van der Waals surface area contributed by atoms with Crippen LogP contribution in [0.15, 0.2) is 41.4 Å². The van der Waals surface area contributed by atoms with Gasteiger partial charge in [0.25, 0.3) is 0 Å². The van der Waals surface area contributed by atoms with E-state index in [9.17, 15) is 8.78 Å². The second kappa shape index (κ2) is 8.62. The van der Waals surface area contributed by atoms with Gasteiger partial charge < -0.3 is 20.1 Å². The molecule has 0 aromatic heterocycles. The van der Waals surface area contributed by atoms with E-state index in [1.807, 2.05) is 0 Å². The summed E-state index contributed by atoms with van der Waals surface area (Å²) in [4.78, 5) is 4.15. The van der Waals surface area contributed by atoms with E-state index in [0.29, 0.717) is 37.8 Å². The highest BCUT2D eigenvalue weighted by Gasteiger charge is 2.16. The van der Waals surface area contributed by atoms with Crippen LogP contribution in [0.3, 0.4) is 0 Å². The van der Waals surface area contributed by atoms with Gasteiger partial charge in [-0.3, -0.25) is 4.99 Å². The second-order valence-electron chi connectivity index (χ2n) is 5.89. The molecule has 26 heavy (non-hydrogen) atoms. The molecule has 3 rings (SSSR count). The lowest BCUT2D eigenvalue weighted by molar-refractivity contribution is -0.0172. The molecule has 0 atom stereocenters. The largest absolute Gasteiger partial charge is 0.467 e. The molecule has 0 aliphatic carbocycles. The van der Waals surface area contributed by atoms with E-state index in [0.717, 1.165) is 16.7 Å². The van der Waals surface area contributed by atoms with Crippen molar-refractivity contribution in [2.75, 3.05) is 20.4 Å². The summed E-state index contributed by atoms with van der Waals surface area (Å²) in [6.07, 6.45) is 0.581. The Morgan fingerprint density at radius 2 is 1.92 bits per heavy atom. The summed E-state index contributed by atoms with van der Waals surface area (Å²) in [6.45, 7) is 1.62. The monoisotopic (exact) mass is 361 g/mol. The van der Waals surface area contributed by atoms with Crippen molar-refractivity contribution in [1.82, 2.24) is 10.6 Å². The Hall–Kier alpha value is -2.67. The number of guanidine groups is 1. The molecule has 0 saturated carbocycles. The maximum atomic E-state index is 13.7. The number of halogens is 2. The van der Waals surface area contributed by atoms with Crippen LogP contribution in [0.5, 0.6) is 5.75 Å². The van der Waals surface area contributed by atoms with Gasteiger partial charge in [0.05, 0.1) is 6.61 Å². The summed E-state index contributed by atoms with van der Waals surface area (Å²) < 4.78 is 37.4. The summed E-state index contributed by atoms with van der Waals surface area (Å²) in [5.74, 6) is 0.756. The summed E-state index contributed by atoms with van der Waals surface area (Å²) in [5, 5.41) is 6.34. The van der Waals surface area contributed by atoms with E-state index >= 15 is 0 Å². The second-order valence-corrected chi connectivity index (χ2v) is 5.89. The molecule has 0 amide bonds. The molecule has 0 bridgehead atoms. The highest BCUT2D eigenvalue weighted by atomic mass is 19.1. The lowest BCUT2D eigenvalue weighted by Gasteiger charge is -2.21. The van der Waals surface area contributed by atoms with E-state index in [1.54, 1.807) is 19.2 Å². The van der Waals surface area contributed by atoms with Gasteiger partial charge >= 0.3 is 0 Å². The zero-order valence-electron chi connectivity index (χ0n) is 14.5. The Bertz CT molecular complexity index is 779. The van der Waals surface area contributed by atoms with Gasteiger partial charge in [-0.05, 0) is 41.8 Å². The number of hydrogen-bond donors (Lipinski definition) is 2. The molecule has 2 aromatic carbocycles. The molecule has 7 heteroatoms. The zero-order valence-corrected chi connectivity index (χ0v) is 14.5. The fraction of sp³-hybridized carbons (Fsp3) is 0.316. The smallest absolute Gasteiger partial charge is 0.191 e. The molecule has 0 saturated heterocycles. The number of rotatable bonds is 5. The van der Waals surface area contributed by atoms with Crippen molar-refractivity contribution in [3.63, 3.8) is 0 Å². The highest BCUT2D eigenvalue weighted by Crippen LogP contribution is 2.29. The third-order valence-corrected chi connectivity index (χ3v) is 4.04. The molecule has 138 valence electrons. The van der Waals surface area contributed by atoms with Gasteiger partial charge in [-0.15, -0.1) is 0 Å². The predicted molar refractivity (Wildman–Crippen MR) is 95.0 cm³/mol. The first-order valence-electron chi connectivity index (χ1n) is 8.36. The molecule has 1 heterocycles. The Balaban J connectivity index is 1.53. The molecule has 0 radical (unpaired) electrons. The van der Waals surface area contributed by atoms with Gasteiger partial charge in [-0.25, -0.2) is 8.78 Å². The van der Waals surface area contributed by atoms with Gasteiger partial charge in [-0.1, -0.05) is 12.1 Å². The van der Waals surface area contributed by atoms with E-state index in [-0.39, 0.29) is 18.4 Å². The van der Waals surface area contributed by atoms with Crippen LogP contribution in [0.2, 0.25) is 0 Å². The minimum absolute atomic E-state index is 0.181. The number of nitrogens with zero attached hydrogens (tertiary/aromatic N) is 1. The normalized spacial score (nSPS) is 13.7. The molecule has 2 N–H and O–H groups in total. The van der Waals surface area contributed by atoms with Crippen LogP contribution in [0.1, 0.15) is 16.7 Å². The average molecular weight is 361 g/mol. The fourth-order valence-corrected chi connectivity index (χ4v) is 2.77. The van der Waals surface area contributed by atoms with E-state index in [2.05, 4.69) is 15.6 Å². The van der Waals surface area contributed by atoms with E-state index in [1.165, 1.54) is 24.3 Å². The summed E-state index contributed by atoms with van der Waals surface area (Å²) in [7, 11) is 1.67. The Labute approximate surface area is 151 Å². The summed E-state index contributed by atoms with van der Waals surface area (Å²) in [6, 6.07) is 9.20. The summed E-state index contributed by atoms with van der Waals surface area (Å²) in [5.41, 5.74) is 2.47. The van der Waals surface area contributed by atoms with Gasteiger partial charge in [0, 0.05) is 25.7 Å². The maximum Gasteiger partial charge on any atom is 0.191 e. The minimum Gasteiger partial charge on any atom is -0.467 e. The molecule has 5 nitrogen and oxygen atoms in total. The lowest BCUT2D eigenvalue weighted by Crippen LogP contribution is -2.37. The van der Waals surface area contributed by atoms with Gasteiger partial charge in [0.1, 0.15) is 17.4 Å². The van der Waals surface area contributed by atoms with Crippen LogP contribution in [0.4, 0.5) is 8.78 Å². The van der Waals surface area contributed by atoms with Gasteiger partial charge in [0.15, 0.2) is 12.8 Å². The van der Waals surface area contributed by atoms with Crippen molar-refractivity contribution < 1.29 is 18.3 Å². The molecule has 0 fully saturated rings. The quantitative estimate of drug-likeness (QED) is 0.635. The van der Waals surface area contributed by atoms with Crippen LogP contribution in [0, 0.1) is 11.6 Å². The molecule has 0 unspecified atom stereocenters.